The highest BCUT2D eigenvalue weighted by Crippen LogP contribution is 2.28. The van der Waals surface area contributed by atoms with E-state index in [1.165, 1.54) is 5.56 Å². The van der Waals surface area contributed by atoms with Gasteiger partial charge in [-0.2, -0.15) is 12.6 Å². The zero-order valence-electron chi connectivity index (χ0n) is 9.14. The van der Waals surface area contributed by atoms with Gasteiger partial charge < -0.3 is 5.73 Å². The first-order valence-electron chi connectivity index (χ1n) is 4.96. The van der Waals surface area contributed by atoms with Gasteiger partial charge in [-0.1, -0.05) is 6.92 Å². The Bertz CT molecular complexity index is 350. The van der Waals surface area contributed by atoms with Crippen LogP contribution in [0.5, 0.6) is 0 Å². The van der Waals surface area contributed by atoms with Gasteiger partial charge in [0, 0.05) is 30.7 Å². The van der Waals surface area contributed by atoms with Crippen molar-refractivity contribution in [3.8, 4) is 0 Å². The fourth-order valence-corrected chi connectivity index (χ4v) is 1.61. The van der Waals surface area contributed by atoms with E-state index in [4.69, 9.17) is 5.73 Å². The van der Waals surface area contributed by atoms with Crippen LogP contribution in [0.3, 0.4) is 0 Å². The van der Waals surface area contributed by atoms with Crippen molar-refractivity contribution in [2.45, 2.75) is 19.9 Å². The molecule has 0 aliphatic carbocycles. The van der Waals surface area contributed by atoms with Gasteiger partial charge in [-0.15, -0.1) is 0 Å². The molecule has 1 unspecified atom stereocenters. The molecule has 1 aliphatic heterocycles. The average Bonchev–Trinajstić information content (AvgIpc) is 2.30. The Kier molecular flexibility index (Phi) is 4.78. The van der Waals surface area contributed by atoms with Crippen molar-refractivity contribution in [1.29, 1.82) is 0 Å². The molecule has 4 heteroatoms. The highest BCUT2D eigenvalue weighted by atomic mass is 32.1. The first-order valence-corrected chi connectivity index (χ1v) is 5.85. The van der Waals surface area contributed by atoms with E-state index < -0.39 is 0 Å². The first kappa shape index (κ1) is 12.2. The monoisotopic (exact) mass is 223 g/mol. The lowest BCUT2D eigenvalue weighted by Gasteiger charge is -2.16. The minimum absolute atomic E-state index is 0.516. The van der Waals surface area contributed by atoms with E-state index >= 15 is 0 Å². The molecular weight excluding hydrogens is 206 g/mol. The van der Waals surface area contributed by atoms with Crippen molar-refractivity contribution in [3.63, 3.8) is 0 Å². The van der Waals surface area contributed by atoms with Crippen molar-refractivity contribution in [2.24, 2.45) is 16.6 Å². The Hall–Kier alpha value is -0.870. The number of hydrogen-bond donors (Lipinski definition) is 2. The largest absolute Gasteiger partial charge is 0.326 e. The van der Waals surface area contributed by atoms with Crippen LogP contribution in [-0.2, 0) is 13.0 Å². The maximum atomic E-state index is 5.59. The normalized spacial score (nSPS) is 17.7. The molecule has 3 nitrogen and oxygen atoms in total. The van der Waals surface area contributed by atoms with Gasteiger partial charge in [-0.25, -0.2) is 0 Å². The average molecular weight is 223 g/mol. The third-order valence-electron chi connectivity index (χ3n) is 2.29. The number of rotatable bonds is 1. The van der Waals surface area contributed by atoms with E-state index in [1.54, 1.807) is 12.5 Å². The van der Waals surface area contributed by atoms with Crippen LogP contribution in [0.2, 0.25) is 0 Å². The molecule has 2 heterocycles. The lowest BCUT2D eigenvalue weighted by atomic mass is 9.98. The molecule has 1 aromatic heterocycles. The van der Waals surface area contributed by atoms with Gasteiger partial charge in [0.25, 0.3) is 0 Å². The SMILES string of the molecule is CC1C=Nc2c(CN)cncc2C1.CS. The molecule has 2 rings (SSSR count). The van der Waals surface area contributed by atoms with Crippen molar-refractivity contribution in [3.05, 3.63) is 23.5 Å². The van der Waals surface area contributed by atoms with Crippen LogP contribution < -0.4 is 5.73 Å². The molecule has 0 saturated heterocycles. The number of nitrogens with two attached hydrogens (primary N) is 1. The second kappa shape index (κ2) is 5.88. The Morgan fingerprint density at radius 3 is 2.87 bits per heavy atom. The van der Waals surface area contributed by atoms with Crippen LogP contribution in [0, 0.1) is 5.92 Å². The van der Waals surface area contributed by atoms with E-state index in [-0.39, 0.29) is 0 Å². The molecule has 0 bridgehead atoms. The molecule has 1 aliphatic rings. The van der Waals surface area contributed by atoms with Gasteiger partial charge in [-0.05, 0) is 24.2 Å². The van der Waals surface area contributed by atoms with Gasteiger partial charge in [0.05, 0.1) is 5.69 Å². The molecular formula is C11H17N3S. The molecule has 1 atom stereocenters. The molecule has 0 aromatic carbocycles. The molecule has 82 valence electrons. The maximum Gasteiger partial charge on any atom is 0.0733 e. The minimum atomic E-state index is 0.516. The highest BCUT2D eigenvalue weighted by molar-refractivity contribution is 7.79. The second-order valence-corrected chi connectivity index (χ2v) is 3.47. The number of fused-ring (bicyclic) bond motifs is 1. The number of aromatic nitrogens is 1. The Morgan fingerprint density at radius 1 is 1.47 bits per heavy atom. The van der Waals surface area contributed by atoms with Crippen LogP contribution in [0.25, 0.3) is 0 Å². The van der Waals surface area contributed by atoms with Gasteiger partial charge >= 0.3 is 0 Å². The van der Waals surface area contributed by atoms with Crippen LogP contribution in [0.1, 0.15) is 18.1 Å². The van der Waals surface area contributed by atoms with Gasteiger partial charge in [0.1, 0.15) is 0 Å². The van der Waals surface area contributed by atoms with E-state index in [9.17, 15) is 0 Å². The number of aliphatic imine (C=N–C) groups is 1. The maximum absolute atomic E-state index is 5.59. The summed E-state index contributed by atoms with van der Waals surface area (Å²) in [6.45, 7) is 2.67. The summed E-state index contributed by atoms with van der Waals surface area (Å²) in [6.07, 6.45) is 8.40. The van der Waals surface area contributed by atoms with Crippen molar-refractivity contribution in [1.82, 2.24) is 4.98 Å². The third kappa shape index (κ3) is 2.79. The smallest absolute Gasteiger partial charge is 0.0733 e. The molecule has 1 aromatic rings. The zero-order chi connectivity index (χ0) is 11.3. The summed E-state index contributed by atoms with van der Waals surface area (Å²) in [4.78, 5) is 8.55. The summed E-state index contributed by atoms with van der Waals surface area (Å²) in [5.74, 6) is 0.516. The molecule has 0 spiro atoms. The zero-order valence-corrected chi connectivity index (χ0v) is 10.0. The molecule has 0 amide bonds. The molecule has 0 saturated carbocycles. The summed E-state index contributed by atoms with van der Waals surface area (Å²) >= 11 is 3.53. The number of hydrogen-bond acceptors (Lipinski definition) is 4. The predicted molar refractivity (Wildman–Crippen MR) is 68.1 cm³/mol. The summed E-state index contributed by atoms with van der Waals surface area (Å²) in [7, 11) is 0. The minimum Gasteiger partial charge on any atom is -0.326 e. The number of thiol groups is 1. The van der Waals surface area contributed by atoms with Crippen LogP contribution in [-0.4, -0.2) is 17.5 Å². The predicted octanol–water partition coefficient (Wildman–Crippen LogP) is 1.98. The van der Waals surface area contributed by atoms with Crippen LogP contribution in [0.4, 0.5) is 5.69 Å². The molecule has 0 radical (unpaired) electrons. The van der Waals surface area contributed by atoms with Crippen LogP contribution >= 0.6 is 12.6 Å². The lowest BCUT2D eigenvalue weighted by Crippen LogP contribution is -2.09. The Labute approximate surface area is 96.2 Å². The fourth-order valence-electron chi connectivity index (χ4n) is 1.61. The van der Waals surface area contributed by atoms with E-state index in [1.807, 2.05) is 12.4 Å². The summed E-state index contributed by atoms with van der Waals surface area (Å²) in [6, 6.07) is 0. The summed E-state index contributed by atoms with van der Waals surface area (Å²) in [5, 5.41) is 0. The number of pyridine rings is 1. The molecule has 2 N–H and O–H groups in total. The standard InChI is InChI=1S/C10H13N3.CH4S/c1-7-2-8-5-12-6-9(3-11)10(8)13-4-7;1-2/h4-7H,2-3,11H2,1H3;2H,1H3. The van der Waals surface area contributed by atoms with Crippen molar-refractivity contribution in [2.75, 3.05) is 6.26 Å². The lowest BCUT2D eigenvalue weighted by molar-refractivity contribution is 0.764. The summed E-state index contributed by atoms with van der Waals surface area (Å²) in [5.41, 5.74) is 8.89. The first-order chi connectivity index (χ1) is 7.31. The highest BCUT2D eigenvalue weighted by Gasteiger charge is 2.13. The van der Waals surface area contributed by atoms with E-state index in [2.05, 4.69) is 29.5 Å². The van der Waals surface area contributed by atoms with Gasteiger partial charge in [0.15, 0.2) is 0 Å². The molecule has 0 fully saturated rings. The second-order valence-electron chi connectivity index (χ2n) is 3.47. The summed E-state index contributed by atoms with van der Waals surface area (Å²) < 4.78 is 0. The number of nitrogens with zero attached hydrogens (tertiary/aromatic N) is 2. The fraction of sp³-hybridized carbons (Fsp3) is 0.455. The van der Waals surface area contributed by atoms with Gasteiger partial charge in [-0.3, -0.25) is 9.98 Å². The quantitative estimate of drug-likeness (QED) is 0.715. The third-order valence-corrected chi connectivity index (χ3v) is 2.29. The van der Waals surface area contributed by atoms with Crippen LogP contribution in [0.15, 0.2) is 17.4 Å². The topological polar surface area (TPSA) is 51.3 Å². The Morgan fingerprint density at radius 2 is 2.20 bits per heavy atom. The van der Waals surface area contributed by atoms with E-state index in [0.717, 1.165) is 17.7 Å². The van der Waals surface area contributed by atoms with Crippen molar-refractivity contribution < 1.29 is 0 Å². The molecule has 15 heavy (non-hydrogen) atoms. The van der Waals surface area contributed by atoms with Gasteiger partial charge in [0.2, 0.25) is 0 Å². The van der Waals surface area contributed by atoms with E-state index in [0.29, 0.717) is 12.5 Å². The Balaban J connectivity index is 0.000000531. The van der Waals surface area contributed by atoms with Crippen molar-refractivity contribution >= 4 is 24.5 Å².